The molecule has 1 aromatic rings. The maximum Gasteiger partial charge on any atom is 0.253 e. The lowest BCUT2D eigenvalue weighted by Gasteiger charge is -2.34. The van der Waals surface area contributed by atoms with Crippen molar-refractivity contribution in [3.8, 4) is 11.5 Å². The molecule has 104 valence electrons. The highest BCUT2D eigenvalue weighted by molar-refractivity contribution is 5.94. The summed E-state index contributed by atoms with van der Waals surface area (Å²) in [5, 5.41) is 18.7. The van der Waals surface area contributed by atoms with Gasteiger partial charge in [0.15, 0.2) is 11.5 Å². The second-order valence-corrected chi connectivity index (χ2v) is 5.55. The van der Waals surface area contributed by atoms with Crippen LogP contribution in [0.4, 0.5) is 0 Å². The third-order valence-electron chi connectivity index (χ3n) is 4.00. The molecule has 1 aromatic carbocycles. The van der Waals surface area contributed by atoms with E-state index in [0.717, 1.165) is 19.3 Å². The van der Waals surface area contributed by atoms with Crippen LogP contribution >= 0.6 is 0 Å². The van der Waals surface area contributed by atoms with Crippen molar-refractivity contribution in [1.29, 1.82) is 0 Å². The maximum absolute atomic E-state index is 12.3. The Morgan fingerprint density at radius 1 is 1.26 bits per heavy atom. The summed E-state index contributed by atoms with van der Waals surface area (Å²) in [5.74, 6) is 0.0957. The van der Waals surface area contributed by atoms with Crippen LogP contribution in [0.1, 0.15) is 43.0 Å². The minimum atomic E-state index is -0.253. The van der Waals surface area contributed by atoms with Gasteiger partial charge < -0.3 is 15.1 Å². The molecule has 1 aliphatic rings. The zero-order valence-corrected chi connectivity index (χ0v) is 11.5. The highest BCUT2D eigenvalue weighted by Crippen LogP contribution is 2.29. The Morgan fingerprint density at radius 3 is 2.63 bits per heavy atom. The lowest BCUT2D eigenvalue weighted by molar-refractivity contribution is 0.0672. The van der Waals surface area contributed by atoms with Crippen molar-refractivity contribution in [3.05, 3.63) is 23.8 Å². The van der Waals surface area contributed by atoms with E-state index in [1.54, 1.807) is 11.0 Å². The lowest BCUT2D eigenvalue weighted by Crippen LogP contribution is -2.39. The molecule has 0 aromatic heterocycles. The zero-order chi connectivity index (χ0) is 14.0. The Morgan fingerprint density at radius 2 is 2.00 bits per heavy atom. The van der Waals surface area contributed by atoms with Gasteiger partial charge in [0, 0.05) is 18.7 Å². The molecule has 19 heavy (non-hydrogen) atoms. The van der Waals surface area contributed by atoms with E-state index in [1.807, 2.05) is 7.05 Å². The van der Waals surface area contributed by atoms with Gasteiger partial charge in [-0.15, -0.1) is 0 Å². The Hall–Kier alpha value is -1.71. The number of carbonyl (C=O) groups is 1. The van der Waals surface area contributed by atoms with Gasteiger partial charge in [0.2, 0.25) is 0 Å². The van der Waals surface area contributed by atoms with E-state index < -0.39 is 0 Å². The SMILES string of the molecule is CC1CCCC(N(C)C(=O)c2ccc(O)c(O)c2)C1. The molecule has 2 N–H and O–H groups in total. The molecule has 1 aliphatic carbocycles. The monoisotopic (exact) mass is 263 g/mol. The van der Waals surface area contributed by atoms with Crippen molar-refractivity contribution < 1.29 is 15.0 Å². The molecule has 1 saturated carbocycles. The van der Waals surface area contributed by atoms with Gasteiger partial charge in [0.1, 0.15) is 0 Å². The maximum atomic E-state index is 12.3. The molecule has 2 atom stereocenters. The number of rotatable bonds is 2. The minimum absolute atomic E-state index is 0.102. The first kappa shape index (κ1) is 13.7. The fraction of sp³-hybridized carbons (Fsp3) is 0.533. The van der Waals surface area contributed by atoms with Crippen LogP contribution in [0.2, 0.25) is 0 Å². The van der Waals surface area contributed by atoms with Gasteiger partial charge in [-0.2, -0.15) is 0 Å². The smallest absolute Gasteiger partial charge is 0.253 e. The second-order valence-electron chi connectivity index (χ2n) is 5.55. The predicted molar refractivity (Wildman–Crippen MR) is 73.3 cm³/mol. The van der Waals surface area contributed by atoms with Crippen molar-refractivity contribution in [2.24, 2.45) is 5.92 Å². The van der Waals surface area contributed by atoms with Crippen LogP contribution in [0.3, 0.4) is 0 Å². The Labute approximate surface area is 113 Å². The first-order valence-corrected chi connectivity index (χ1v) is 6.78. The first-order valence-electron chi connectivity index (χ1n) is 6.78. The van der Waals surface area contributed by atoms with Gasteiger partial charge in [0.25, 0.3) is 5.91 Å². The summed E-state index contributed by atoms with van der Waals surface area (Å²) >= 11 is 0. The van der Waals surface area contributed by atoms with Gasteiger partial charge in [-0.25, -0.2) is 0 Å². The highest BCUT2D eigenvalue weighted by Gasteiger charge is 2.26. The van der Waals surface area contributed by atoms with Crippen molar-refractivity contribution in [2.45, 2.75) is 38.6 Å². The molecule has 2 rings (SSSR count). The Balaban J connectivity index is 2.11. The number of nitrogens with zero attached hydrogens (tertiary/aromatic N) is 1. The molecule has 0 aliphatic heterocycles. The molecule has 0 spiro atoms. The third kappa shape index (κ3) is 3.00. The number of hydrogen-bond acceptors (Lipinski definition) is 3. The van der Waals surface area contributed by atoms with E-state index >= 15 is 0 Å². The zero-order valence-electron chi connectivity index (χ0n) is 11.5. The molecule has 0 saturated heterocycles. The van der Waals surface area contributed by atoms with Crippen molar-refractivity contribution in [3.63, 3.8) is 0 Å². The minimum Gasteiger partial charge on any atom is -0.504 e. The van der Waals surface area contributed by atoms with Crippen LogP contribution < -0.4 is 0 Å². The normalized spacial score (nSPS) is 23.1. The van der Waals surface area contributed by atoms with E-state index in [-0.39, 0.29) is 23.4 Å². The highest BCUT2D eigenvalue weighted by atomic mass is 16.3. The number of phenolic OH excluding ortho intramolecular Hbond substituents is 2. The average Bonchev–Trinajstić information content (AvgIpc) is 2.40. The first-order chi connectivity index (χ1) is 8.99. The predicted octanol–water partition coefficient (Wildman–Crippen LogP) is 2.75. The van der Waals surface area contributed by atoms with Gasteiger partial charge in [-0.1, -0.05) is 19.8 Å². The molecule has 0 radical (unpaired) electrons. The summed E-state index contributed by atoms with van der Waals surface area (Å²) in [6.07, 6.45) is 4.46. The standard InChI is InChI=1S/C15H21NO3/c1-10-4-3-5-12(8-10)16(2)15(19)11-6-7-13(17)14(18)9-11/h6-7,9-10,12,17-18H,3-5,8H2,1-2H3. The van der Waals surface area contributed by atoms with Crippen LogP contribution in [-0.4, -0.2) is 34.1 Å². The summed E-state index contributed by atoms with van der Waals surface area (Å²) in [6.45, 7) is 2.22. The van der Waals surface area contributed by atoms with Gasteiger partial charge >= 0.3 is 0 Å². The van der Waals surface area contributed by atoms with Gasteiger partial charge in [-0.05, 0) is 37.0 Å². The molecular weight excluding hydrogens is 242 g/mol. The summed E-state index contributed by atoms with van der Waals surface area (Å²) in [5.41, 5.74) is 0.413. The summed E-state index contributed by atoms with van der Waals surface area (Å²) < 4.78 is 0. The second kappa shape index (κ2) is 5.51. The number of phenols is 2. The van der Waals surface area contributed by atoms with Crippen LogP contribution in [0, 0.1) is 5.92 Å². The van der Waals surface area contributed by atoms with E-state index in [2.05, 4.69) is 6.92 Å². The molecule has 4 heteroatoms. The topological polar surface area (TPSA) is 60.8 Å². The number of aromatic hydroxyl groups is 2. The average molecular weight is 263 g/mol. The van der Waals surface area contributed by atoms with E-state index in [1.165, 1.54) is 18.6 Å². The quantitative estimate of drug-likeness (QED) is 0.806. The fourth-order valence-electron chi connectivity index (χ4n) is 2.78. The third-order valence-corrected chi connectivity index (χ3v) is 4.00. The molecule has 2 unspecified atom stereocenters. The largest absolute Gasteiger partial charge is 0.504 e. The van der Waals surface area contributed by atoms with Crippen molar-refractivity contribution >= 4 is 5.91 Å². The van der Waals surface area contributed by atoms with E-state index in [9.17, 15) is 15.0 Å². The Bertz CT molecular complexity index is 472. The molecular formula is C15H21NO3. The lowest BCUT2D eigenvalue weighted by atomic mass is 9.86. The number of carbonyl (C=O) groups excluding carboxylic acids is 1. The van der Waals surface area contributed by atoms with Crippen LogP contribution in [0.5, 0.6) is 11.5 Å². The summed E-state index contributed by atoms with van der Waals surface area (Å²) in [7, 11) is 1.81. The van der Waals surface area contributed by atoms with Crippen LogP contribution in [0.25, 0.3) is 0 Å². The number of amides is 1. The van der Waals surface area contributed by atoms with E-state index in [4.69, 9.17) is 0 Å². The van der Waals surface area contributed by atoms with Crippen molar-refractivity contribution in [2.75, 3.05) is 7.05 Å². The fourth-order valence-corrected chi connectivity index (χ4v) is 2.78. The molecule has 0 bridgehead atoms. The molecule has 0 heterocycles. The van der Waals surface area contributed by atoms with Gasteiger partial charge in [-0.3, -0.25) is 4.79 Å². The number of hydrogen-bond donors (Lipinski definition) is 2. The summed E-state index contributed by atoms with van der Waals surface area (Å²) in [4.78, 5) is 14.1. The van der Waals surface area contributed by atoms with E-state index in [0.29, 0.717) is 11.5 Å². The molecule has 1 amide bonds. The van der Waals surface area contributed by atoms with Crippen molar-refractivity contribution in [1.82, 2.24) is 4.90 Å². The Kier molecular flexibility index (Phi) is 3.98. The molecule has 4 nitrogen and oxygen atoms in total. The summed E-state index contributed by atoms with van der Waals surface area (Å²) in [6, 6.07) is 4.48. The molecule has 1 fully saturated rings. The van der Waals surface area contributed by atoms with Crippen LogP contribution in [-0.2, 0) is 0 Å². The number of benzene rings is 1. The van der Waals surface area contributed by atoms with Crippen LogP contribution in [0.15, 0.2) is 18.2 Å². The van der Waals surface area contributed by atoms with Gasteiger partial charge in [0.05, 0.1) is 0 Å².